The normalized spacial score (nSPS) is 13.4. The molecular weight excluding hydrogens is 351 g/mol. The van der Waals surface area contributed by atoms with Gasteiger partial charge in [-0.2, -0.15) is 4.98 Å². The summed E-state index contributed by atoms with van der Waals surface area (Å²) in [6.45, 7) is 0. The number of anilines is 3. The van der Waals surface area contributed by atoms with Crippen molar-refractivity contribution in [1.29, 1.82) is 0 Å². The molecule has 1 saturated carbocycles. The third-order valence-corrected chi connectivity index (χ3v) is 4.22. The average molecular weight is 368 g/mol. The molecule has 2 aromatic heterocycles. The van der Waals surface area contributed by atoms with E-state index < -0.39 is 7.12 Å². The minimum absolute atomic E-state index is 0.0197. The Morgan fingerprint density at radius 2 is 2.19 bits per heavy atom. The minimum Gasteiger partial charge on any atom is -0.495 e. The Morgan fingerprint density at radius 1 is 1.37 bits per heavy atom. The Morgan fingerprint density at radius 3 is 2.89 bits per heavy atom. The van der Waals surface area contributed by atoms with Crippen LogP contribution < -0.4 is 20.8 Å². The quantitative estimate of drug-likeness (QED) is 0.444. The van der Waals surface area contributed by atoms with Crippen molar-refractivity contribution in [3.8, 4) is 5.75 Å². The molecule has 138 valence electrons. The summed E-state index contributed by atoms with van der Waals surface area (Å²) in [5.74, 6) is 0.662. The van der Waals surface area contributed by atoms with Crippen LogP contribution in [0.5, 0.6) is 5.75 Å². The summed E-state index contributed by atoms with van der Waals surface area (Å²) in [6.07, 6.45) is 4.95. The van der Waals surface area contributed by atoms with Crippen LogP contribution in [0.15, 0.2) is 30.6 Å². The van der Waals surface area contributed by atoms with E-state index in [0.717, 1.165) is 12.8 Å². The number of aromatic nitrogens is 4. The number of imidazole rings is 1. The number of methoxy groups -OCH3 is 1. The standard InChI is InChI=1S/C16H17BN6O4/c1-27-12-10(17(25)26)3-2-4-11(12)19-13-14-18-7-8-23(14)22-16(20-13)21-15(24)9-5-6-9/h2-4,7-9,25-26H,5-6H2,1H3,(H2,19,20,21,22,24). The molecule has 3 aromatic rings. The number of hydrogen-bond donors (Lipinski definition) is 4. The predicted octanol–water partition coefficient (Wildman–Crippen LogP) is -0.0952. The van der Waals surface area contributed by atoms with Gasteiger partial charge in [0.05, 0.1) is 12.8 Å². The lowest BCUT2D eigenvalue weighted by Crippen LogP contribution is -2.31. The maximum atomic E-state index is 12.0. The molecule has 2 heterocycles. The van der Waals surface area contributed by atoms with Gasteiger partial charge in [0.2, 0.25) is 11.9 Å². The van der Waals surface area contributed by atoms with Crippen LogP contribution in [0.4, 0.5) is 17.5 Å². The highest BCUT2D eigenvalue weighted by molar-refractivity contribution is 6.60. The molecule has 0 radical (unpaired) electrons. The number of carbonyl (C=O) groups is 1. The first kappa shape index (κ1) is 17.2. The third-order valence-electron chi connectivity index (χ3n) is 4.22. The van der Waals surface area contributed by atoms with Crippen LogP contribution in [-0.2, 0) is 4.79 Å². The fraction of sp³-hybridized carbons (Fsp3) is 0.250. The fourth-order valence-electron chi connectivity index (χ4n) is 2.73. The van der Waals surface area contributed by atoms with Crippen LogP contribution in [0.2, 0.25) is 0 Å². The molecule has 0 atom stereocenters. The van der Waals surface area contributed by atoms with E-state index in [1.807, 2.05) is 0 Å². The molecule has 27 heavy (non-hydrogen) atoms. The van der Waals surface area contributed by atoms with Gasteiger partial charge in [0.25, 0.3) is 0 Å². The Bertz CT molecular complexity index is 1000. The van der Waals surface area contributed by atoms with Crippen LogP contribution in [-0.4, -0.2) is 49.8 Å². The Labute approximate surface area is 154 Å². The number of fused-ring (bicyclic) bond motifs is 1. The summed E-state index contributed by atoms with van der Waals surface area (Å²) in [5.41, 5.74) is 1.11. The molecule has 4 rings (SSSR count). The van der Waals surface area contributed by atoms with Gasteiger partial charge in [0.1, 0.15) is 5.75 Å². The molecule has 0 saturated heterocycles. The predicted molar refractivity (Wildman–Crippen MR) is 98.2 cm³/mol. The van der Waals surface area contributed by atoms with Crippen molar-refractivity contribution in [1.82, 2.24) is 19.6 Å². The van der Waals surface area contributed by atoms with E-state index in [1.54, 1.807) is 30.6 Å². The van der Waals surface area contributed by atoms with Gasteiger partial charge in [-0.3, -0.25) is 10.1 Å². The van der Waals surface area contributed by atoms with Crippen molar-refractivity contribution < 1.29 is 19.6 Å². The fourth-order valence-corrected chi connectivity index (χ4v) is 2.73. The molecule has 1 aromatic carbocycles. The zero-order valence-electron chi connectivity index (χ0n) is 14.5. The third kappa shape index (κ3) is 3.42. The molecule has 0 unspecified atom stereocenters. The van der Waals surface area contributed by atoms with E-state index in [2.05, 4.69) is 25.7 Å². The van der Waals surface area contributed by atoms with Gasteiger partial charge < -0.3 is 20.1 Å². The van der Waals surface area contributed by atoms with E-state index in [0.29, 0.717) is 17.2 Å². The van der Waals surface area contributed by atoms with E-state index in [1.165, 1.54) is 11.6 Å². The lowest BCUT2D eigenvalue weighted by molar-refractivity contribution is -0.117. The number of ether oxygens (including phenoxy) is 1. The highest BCUT2D eigenvalue weighted by Crippen LogP contribution is 2.30. The monoisotopic (exact) mass is 368 g/mol. The minimum atomic E-state index is -1.69. The molecule has 10 nitrogen and oxygen atoms in total. The van der Waals surface area contributed by atoms with Crippen LogP contribution in [0.3, 0.4) is 0 Å². The first-order valence-electron chi connectivity index (χ1n) is 8.39. The molecule has 11 heteroatoms. The second kappa shape index (κ2) is 6.85. The molecular formula is C16H17BN6O4. The lowest BCUT2D eigenvalue weighted by atomic mass is 9.79. The van der Waals surface area contributed by atoms with E-state index in [-0.39, 0.29) is 29.0 Å². The van der Waals surface area contributed by atoms with Gasteiger partial charge in [-0.15, -0.1) is 5.10 Å². The van der Waals surface area contributed by atoms with Crippen molar-refractivity contribution in [3.63, 3.8) is 0 Å². The van der Waals surface area contributed by atoms with Crippen molar-refractivity contribution in [2.45, 2.75) is 12.8 Å². The number of hydrogen-bond acceptors (Lipinski definition) is 8. The van der Waals surface area contributed by atoms with Crippen molar-refractivity contribution in [3.05, 3.63) is 30.6 Å². The second-order valence-electron chi connectivity index (χ2n) is 6.17. The van der Waals surface area contributed by atoms with Crippen molar-refractivity contribution in [2.75, 3.05) is 17.7 Å². The number of rotatable bonds is 6. The van der Waals surface area contributed by atoms with E-state index in [4.69, 9.17) is 4.74 Å². The average Bonchev–Trinajstić information content (AvgIpc) is 3.40. The summed E-state index contributed by atoms with van der Waals surface area (Å²) in [5, 5.41) is 29.1. The molecule has 1 aliphatic rings. The van der Waals surface area contributed by atoms with E-state index in [9.17, 15) is 14.8 Å². The number of para-hydroxylation sites is 1. The van der Waals surface area contributed by atoms with Gasteiger partial charge >= 0.3 is 7.12 Å². The van der Waals surface area contributed by atoms with Crippen LogP contribution in [0.25, 0.3) is 5.65 Å². The second-order valence-corrected chi connectivity index (χ2v) is 6.17. The Hall–Kier alpha value is -3.18. The summed E-state index contributed by atoms with van der Waals surface area (Å²) in [6, 6.07) is 4.90. The van der Waals surface area contributed by atoms with E-state index >= 15 is 0 Å². The van der Waals surface area contributed by atoms with Crippen LogP contribution in [0, 0.1) is 5.92 Å². The Balaban J connectivity index is 1.72. The van der Waals surface area contributed by atoms with Crippen LogP contribution >= 0.6 is 0 Å². The first-order chi connectivity index (χ1) is 13.1. The van der Waals surface area contributed by atoms with Gasteiger partial charge in [0, 0.05) is 23.8 Å². The first-order valence-corrected chi connectivity index (χ1v) is 8.39. The molecule has 0 spiro atoms. The molecule has 1 aliphatic carbocycles. The molecule has 1 fully saturated rings. The number of nitrogens with zero attached hydrogens (tertiary/aromatic N) is 4. The lowest BCUT2D eigenvalue weighted by Gasteiger charge is -2.15. The largest absolute Gasteiger partial charge is 0.495 e. The maximum absolute atomic E-state index is 12.0. The van der Waals surface area contributed by atoms with Crippen molar-refractivity contribution >= 4 is 41.6 Å². The zero-order chi connectivity index (χ0) is 19.0. The van der Waals surface area contributed by atoms with Crippen LogP contribution in [0.1, 0.15) is 12.8 Å². The molecule has 0 aliphatic heterocycles. The SMILES string of the molecule is COc1c(Nc2nc(NC(=O)C3CC3)nn3ccnc23)cccc1B(O)O. The number of benzene rings is 1. The smallest absolute Gasteiger partial charge is 0.492 e. The molecule has 4 N–H and O–H groups in total. The summed E-state index contributed by atoms with van der Waals surface area (Å²) in [4.78, 5) is 20.6. The Kier molecular flexibility index (Phi) is 4.38. The molecule has 1 amide bonds. The zero-order valence-corrected chi connectivity index (χ0v) is 14.5. The van der Waals surface area contributed by atoms with Gasteiger partial charge in [-0.05, 0) is 18.9 Å². The summed E-state index contributed by atoms with van der Waals surface area (Å²) >= 11 is 0. The van der Waals surface area contributed by atoms with Gasteiger partial charge in [-0.1, -0.05) is 12.1 Å². The highest BCUT2D eigenvalue weighted by Gasteiger charge is 2.30. The molecule has 0 bridgehead atoms. The summed E-state index contributed by atoms with van der Waals surface area (Å²) < 4.78 is 6.81. The topological polar surface area (TPSA) is 134 Å². The number of amides is 1. The highest BCUT2D eigenvalue weighted by atomic mass is 16.5. The summed E-state index contributed by atoms with van der Waals surface area (Å²) in [7, 11) is -0.259. The van der Waals surface area contributed by atoms with Gasteiger partial charge in [0.15, 0.2) is 11.5 Å². The van der Waals surface area contributed by atoms with Gasteiger partial charge in [-0.25, -0.2) is 9.50 Å². The number of carbonyl (C=O) groups excluding carboxylic acids is 1. The number of nitrogens with one attached hydrogen (secondary N) is 2. The maximum Gasteiger partial charge on any atom is 0.492 e. The van der Waals surface area contributed by atoms with Crippen molar-refractivity contribution in [2.24, 2.45) is 5.92 Å².